The van der Waals surface area contributed by atoms with Gasteiger partial charge in [-0.3, -0.25) is 14.5 Å². The van der Waals surface area contributed by atoms with E-state index in [9.17, 15) is 14.4 Å². The first-order chi connectivity index (χ1) is 11.6. The van der Waals surface area contributed by atoms with Crippen molar-refractivity contribution in [2.24, 2.45) is 5.73 Å². The Kier molecular flexibility index (Phi) is 5.35. The number of rotatable bonds is 5. The van der Waals surface area contributed by atoms with Crippen LogP contribution < -0.4 is 5.73 Å². The zero-order chi connectivity index (χ0) is 18.7. The number of hydrogen-bond acceptors (Lipinski definition) is 5. The predicted octanol–water partition coefficient (Wildman–Crippen LogP) is 1.98. The Morgan fingerprint density at radius 2 is 1.84 bits per heavy atom. The topological polar surface area (TPSA) is 98.9 Å². The van der Waals surface area contributed by atoms with Crippen LogP contribution >= 0.6 is 0 Å². The van der Waals surface area contributed by atoms with Crippen LogP contribution in [0, 0.1) is 0 Å². The lowest BCUT2D eigenvalue weighted by atomic mass is 9.81. The van der Waals surface area contributed by atoms with Crippen LogP contribution in [0.4, 0.5) is 4.79 Å². The van der Waals surface area contributed by atoms with E-state index >= 15 is 0 Å². The summed E-state index contributed by atoms with van der Waals surface area (Å²) in [6.07, 6.45) is -0.635. The lowest BCUT2D eigenvalue weighted by Gasteiger charge is -2.49. The van der Waals surface area contributed by atoms with Crippen LogP contribution in [0.3, 0.4) is 0 Å². The van der Waals surface area contributed by atoms with Crippen molar-refractivity contribution in [1.82, 2.24) is 4.90 Å². The smallest absolute Gasteiger partial charge is 0.411 e. The van der Waals surface area contributed by atoms with Gasteiger partial charge in [-0.2, -0.15) is 0 Å². The summed E-state index contributed by atoms with van der Waals surface area (Å²) in [5.74, 6) is -1.32. The Balaban J connectivity index is 2.01. The van der Waals surface area contributed by atoms with E-state index < -0.39 is 29.1 Å². The van der Waals surface area contributed by atoms with Gasteiger partial charge < -0.3 is 15.2 Å². The summed E-state index contributed by atoms with van der Waals surface area (Å²) < 4.78 is 10.5. The van der Waals surface area contributed by atoms with E-state index in [2.05, 4.69) is 0 Å². The first kappa shape index (κ1) is 18.8. The highest BCUT2D eigenvalue weighted by molar-refractivity contribution is 5.94. The molecule has 0 aromatic heterocycles. The van der Waals surface area contributed by atoms with Crippen molar-refractivity contribution >= 4 is 18.0 Å². The van der Waals surface area contributed by atoms with Crippen molar-refractivity contribution in [3.8, 4) is 0 Å². The quantitative estimate of drug-likeness (QED) is 0.820. The number of primary amides is 1. The normalized spacial score (nSPS) is 19.7. The molecule has 1 heterocycles. The van der Waals surface area contributed by atoms with Gasteiger partial charge in [-0.25, -0.2) is 4.79 Å². The third-order valence-corrected chi connectivity index (χ3v) is 4.02. The Labute approximate surface area is 147 Å². The monoisotopic (exact) mass is 348 g/mol. The Morgan fingerprint density at radius 3 is 2.32 bits per heavy atom. The standard InChI is InChI=1S/C18H24N2O5/c1-17(2,3)25-16(23)20-10-9-18(20,15(19)22)11-14(21)24-12-13-7-5-4-6-8-13/h4-8H,9-12H2,1-3H3,(H2,19,22). The van der Waals surface area contributed by atoms with Gasteiger partial charge in [0.05, 0.1) is 6.42 Å². The summed E-state index contributed by atoms with van der Waals surface area (Å²) in [6.45, 7) is 5.59. The van der Waals surface area contributed by atoms with E-state index in [-0.39, 0.29) is 13.0 Å². The molecule has 7 heteroatoms. The fourth-order valence-electron chi connectivity index (χ4n) is 2.63. The van der Waals surface area contributed by atoms with Gasteiger partial charge in [0.25, 0.3) is 0 Å². The van der Waals surface area contributed by atoms with E-state index in [0.29, 0.717) is 13.0 Å². The van der Waals surface area contributed by atoms with Crippen molar-refractivity contribution < 1.29 is 23.9 Å². The van der Waals surface area contributed by atoms with Crippen molar-refractivity contribution in [3.05, 3.63) is 35.9 Å². The Morgan fingerprint density at radius 1 is 1.20 bits per heavy atom. The summed E-state index contributed by atoms with van der Waals surface area (Å²) in [7, 11) is 0. The van der Waals surface area contributed by atoms with Gasteiger partial charge in [-0.15, -0.1) is 0 Å². The number of carbonyl (C=O) groups excluding carboxylic acids is 3. The summed E-state index contributed by atoms with van der Waals surface area (Å²) in [5.41, 5.74) is 4.24. The van der Waals surface area contributed by atoms with E-state index in [4.69, 9.17) is 15.2 Å². The lowest BCUT2D eigenvalue weighted by Crippen LogP contribution is -2.69. The number of likely N-dealkylation sites (tertiary alicyclic amines) is 1. The van der Waals surface area contributed by atoms with Crippen molar-refractivity contribution in [1.29, 1.82) is 0 Å². The third-order valence-electron chi connectivity index (χ3n) is 4.02. The lowest BCUT2D eigenvalue weighted by molar-refractivity contribution is -0.157. The van der Waals surface area contributed by atoms with Crippen LogP contribution in [0.25, 0.3) is 0 Å². The highest BCUT2D eigenvalue weighted by Gasteiger charge is 2.55. The van der Waals surface area contributed by atoms with Crippen molar-refractivity contribution in [2.45, 2.75) is 51.4 Å². The molecule has 1 saturated heterocycles. The minimum atomic E-state index is -1.38. The predicted molar refractivity (Wildman–Crippen MR) is 90.3 cm³/mol. The van der Waals surface area contributed by atoms with E-state index in [1.807, 2.05) is 30.3 Å². The molecule has 0 saturated carbocycles. The van der Waals surface area contributed by atoms with Gasteiger partial charge in [0, 0.05) is 6.54 Å². The van der Waals surface area contributed by atoms with Crippen LogP contribution in [-0.4, -0.2) is 40.6 Å². The summed E-state index contributed by atoms with van der Waals surface area (Å²) in [5, 5.41) is 0. The fourth-order valence-corrected chi connectivity index (χ4v) is 2.63. The second-order valence-corrected chi connectivity index (χ2v) is 7.10. The number of nitrogens with zero attached hydrogens (tertiary/aromatic N) is 1. The highest BCUT2D eigenvalue weighted by Crippen LogP contribution is 2.35. The van der Waals surface area contributed by atoms with E-state index in [1.54, 1.807) is 20.8 Å². The molecular formula is C18H24N2O5. The van der Waals surface area contributed by atoms with Gasteiger partial charge in [0.15, 0.2) is 0 Å². The maximum Gasteiger partial charge on any atom is 0.411 e. The van der Waals surface area contributed by atoms with Crippen molar-refractivity contribution in [2.75, 3.05) is 6.54 Å². The van der Waals surface area contributed by atoms with Crippen LogP contribution in [0.15, 0.2) is 30.3 Å². The minimum absolute atomic E-state index is 0.0982. The van der Waals surface area contributed by atoms with Crippen LogP contribution in [0.2, 0.25) is 0 Å². The van der Waals surface area contributed by atoms with E-state index in [1.165, 1.54) is 4.90 Å². The van der Waals surface area contributed by atoms with Gasteiger partial charge >= 0.3 is 12.1 Å². The average Bonchev–Trinajstić information content (AvgIpc) is 2.48. The second-order valence-electron chi connectivity index (χ2n) is 7.10. The maximum atomic E-state index is 12.3. The molecule has 25 heavy (non-hydrogen) atoms. The first-order valence-electron chi connectivity index (χ1n) is 8.14. The van der Waals surface area contributed by atoms with Gasteiger partial charge in [-0.05, 0) is 32.8 Å². The molecule has 7 nitrogen and oxygen atoms in total. The highest BCUT2D eigenvalue weighted by atomic mass is 16.6. The molecule has 136 valence electrons. The van der Waals surface area contributed by atoms with E-state index in [0.717, 1.165) is 5.56 Å². The molecule has 0 bridgehead atoms. The van der Waals surface area contributed by atoms with Crippen LogP contribution in [-0.2, 0) is 25.7 Å². The first-order valence-corrected chi connectivity index (χ1v) is 8.14. The number of esters is 1. The minimum Gasteiger partial charge on any atom is -0.461 e. The van der Waals surface area contributed by atoms with Gasteiger partial charge in [0.1, 0.15) is 17.7 Å². The second kappa shape index (κ2) is 7.13. The number of amides is 2. The average molecular weight is 348 g/mol. The number of carbonyl (C=O) groups is 3. The molecule has 2 rings (SSSR count). The molecule has 1 fully saturated rings. The SMILES string of the molecule is CC(C)(C)OC(=O)N1CCC1(CC(=O)OCc1ccccc1)C(N)=O. The number of hydrogen-bond donors (Lipinski definition) is 1. The molecule has 1 aromatic carbocycles. The molecule has 0 aliphatic carbocycles. The summed E-state index contributed by atoms with van der Waals surface area (Å²) >= 11 is 0. The molecule has 2 amide bonds. The summed E-state index contributed by atoms with van der Waals surface area (Å²) in [6, 6.07) is 9.19. The zero-order valence-corrected chi connectivity index (χ0v) is 14.8. The molecule has 1 aliphatic heterocycles. The molecule has 1 unspecified atom stereocenters. The molecule has 1 aromatic rings. The molecular weight excluding hydrogens is 324 g/mol. The molecule has 1 atom stereocenters. The van der Waals surface area contributed by atoms with Gasteiger partial charge in [-0.1, -0.05) is 30.3 Å². The third kappa shape index (κ3) is 4.49. The number of benzene rings is 1. The van der Waals surface area contributed by atoms with Crippen LogP contribution in [0.1, 0.15) is 39.2 Å². The van der Waals surface area contributed by atoms with Gasteiger partial charge in [0.2, 0.25) is 5.91 Å². The fraction of sp³-hybridized carbons (Fsp3) is 0.500. The Hall–Kier alpha value is -2.57. The summed E-state index contributed by atoms with van der Waals surface area (Å²) in [4.78, 5) is 37.6. The maximum absolute atomic E-state index is 12.3. The number of ether oxygens (including phenoxy) is 2. The van der Waals surface area contributed by atoms with Crippen LogP contribution in [0.5, 0.6) is 0 Å². The molecule has 0 radical (unpaired) electrons. The molecule has 2 N–H and O–H groups in total. The number of nitrogens with two attached hydrogens (primary N) is 1. The Bertz CT molecular complexity index is 653. The largest absolute Gasteiger partial charge is 0.461 e. The molecule has 0 spiro atoms. The zero-order valence-electron chi connectivity index (χ0n) is 14.8. The molecule has 1 aliphatic rings. The van der Waals surface area contributed by atoms with Crippen molar-refractivity contribution in [3.63, 3.8) is 0 Å².